The van der Waals surface area contributed by atoms with Gasteiger partial charge >= 0.3 is 0 Å². The highest BCUT2D eigenvalue weighted by Gasteiger charge is 2.32. The van der Waals surface area contributed by atoms with Gasteiger partial charge in [-0.25, -0.2) is 9.07 Å². The van der Waals surface area contributed by atoms with Crippen molar-refractivity contribution in [2.24, 2.45) is 0 Å². The average molecular weight is 372 g/mol. The maximum atomic E-state index is 13.6. The molecular weight excluding hydrogens is 341 g/mol. The third kappa shape index (κ3) is 4.05. The standard InChI is InChI=1S/C21H30FN5/c1-26(18-8-4-2-5-9-18)20(16-12-14-17(22)15-13-16)21-23-24-25-27(21)19-10-6-3-7-11-19/h12-15,18-20H,2-11H2,1H3/t20-/m0/s1. The summed E-state index contributed by atoms with van der Waals surface area (Å²) in [5, 5.41) is 12.9. The fraction of sp³-hybridized carbons (Fsp3) is 0.667. The first-order valence-corrected chi connectivity index (χ1v) is 10.5. The molecule has 0 amide bonds. The second-order valence-corrected chi connectivity index (χ2v) is 8.18. The molecule has 0 aliphatic heterocycles. The van der Waals surface area contributed by atoms with Crippen LogP contribution in [0.2, 0.25) is 0 Å². The number of hydrogen-bond donors (Lipinski definition) is 0. The Bertz CT molecular complexity index is 716. The predicted octanol–water partition coefficient (Wildman–Crippen LogP) is 4.67. The molecule has 0 bridgehead atoms. The normalized spacial score (nSPS) is 20.9. The van der Waals surface area contributed by atoms with Gasteiger partial charge in [-0.15, -0.1) is 5.10 Å². The molecule has 2 saturated carbocycles. The lowest BCUT2D eigenvalue weighted by atomic mass is 9.91. The van der Waals surface area contributed by atoms with Crippen LogP contribution in [0.1, 0.15) is 87.7 Å². The Balaban J connectivity index is 1.69. The van der Waals surface area contributed by atoms with Crippen molar-refractivity contribution in [3.8, 4) is 0 Å². The van der Waals surface area contributed by atoms with E-state index in [0.29, 0.717) is 12.1 Å². The largest absolute Gasteiger partial charge is 0.290 e. The van der Waals surface area contributed by atoms with Crippen LogP contribution in [0.4, 0.5) is 4.39 Å². The fourth-order valence-corrected chi connectivity index (χ4v) is 4.88. The van der Waals surface area contributed by atoms with Crippen molar-refractivity contribution in [2.45, 2.75) is 82.3 Å². The predicted molar refractivity (Wildman–Crippen MR) is 103 cm³/mol. The van der Waals surface area contributed by atoms with E-state index in [4.69, 9.17) is 0 Å². The van der Waals surface area contributed by atoms with Crippen molar-refractivity contribution in [1.29, 1.82) is 0 Å². The molecule has 0 N–H and O–H groups in total. The zero-order valence-corrected chi connectivity index (χ0v) is 16.2. The van der Waals surface area contributed by atoms with Gasteiger partial charge in [-0.05, 0) is 60.9 Å². The SMILES string of the molecule is CN(C1CCCCC1)[C@@H](c1ccc(F)cc1)c1nnnn1C1CCCCC1. The number of halogens is 1. The maximum Gasteiger partial charge on any atom is 0.173 e. The Labute approximate surface area is 160 Å². The number of nitrogens with zero attached hydrogens (tertiary/aromatic N) is 5. The third-order valence-corrected chi connectivity index (χ3v) is 6.43. The molecule has 0 radical (unpaired) electrons. The third-order valence-electron chi connectivity index (χ3n) is 6.43. The lowest BCUT2D eigenvalue weighted by Crippen LogP contribution is -2.38. The van der Waals surface area contributed by atoms with E-state index in [-0.39, 0.29) is 11.9 Å². The Morgan fingerprint density at radius 3 is 2.26 bits per heavy atom. The molecule has 0 unspecified atom stereocenters. The highest BCUT2D eigenvalue weighted by atomic mass is 19.1. The molecule has 2 aromatic rings. The molecule has 1 heterocycles. The van der Waals surface area contributed by atoms with Crippen molar-refractivity contribution in [3.63, 3.8) is 0 Å². The molecule has 1 aromatic heterocycles. The highest BCUT2D eigenvalue weighted by Crippen LogP contribution is 2.35. The van der Waals surface area contributed by atoms with Crippen LogP contribution >= 0.6 is 0 Å². The number of tetrazole rings is 1. The number of hydrogen-bond acceptors (Lipinski definition) is 4. The van der Waals surface area contributed by atoms with E-state index in [9.17, 15) is 4.39 Å². The molecule has 6 heteroatoms. The van der Waals surface area contributed by atoms with Gasteiger partial charge < -0.3 is 0 Å². The minimum absolute atomic E-state index is 0.0365. The van der Waals surface area contributed by atoms with Gasteiger partial charge in [0.15, 0.2) is 5.82 Å². The molecule has 1 atom stereocenters. The topological polar surface area (TPSA) is 46.8 Å². The van der Waals surface area contributed by atoms with Gasteiger partial charge in [0.25, 0.3) is 0 Å². The van der Waals surface area contributed by atoms with Crippen LogP contribution in [0.3, 0.4) is 0 Å². The maximum absolute atomic E-state index is 13.6. The summed E-state index contributed by atoms with van der Waals surface area (Å²) in [5.41, 5.74) is 1.07. The quantitative estimate of drug-likeness (QED) is 0.766. The van der Waals surface area contributed by atoms with E-state index in [1.165, 1.54) is 51.4 Å². The lowest BCUT2D eigenvalue weighted by Gasteiger charge is -2.37. The zero-order chi connectivity index (χ0) is 18.6. The molecule has 0 saturated heterocycles. The van der Waals surface area contributed by atoms with Crippen LogP contribution in [0.25, 0.3) is 0 Å². The number of benzene rings is 1. The van der Waals surface area contributed by atoms with E-state index >= 15 is 0 Å². The summed E-state index contributed by atoms with van der Waals surface area (Å²) >= 11 is 0. The smallest absolute Gasteiger partial charge is 0.173 e. The van der Waals surface area contributed by atoms with Crippen LogP contribution < -0.4 is 0 Å². The van der Waals surface area contributed by atoms with Crippen molar-refractivity contribution in [2.75, 3.05) is 7.05 Å². The van der Waals surface area contributed by atoms with Crippen LogP contribution in [0, 0.1) is 5.82 Å². The second kappa shape index (κ2) is 8.46. The molecule has 2 aliphatic rings. The summed E-state index contributed by atoms with van der Waals surface area (Å²) in [7, 11) is 2.18. The van der Waals surface area contributed by atoms with Crippen LogP contribution in [0.5, 0.6) is 0 Å². The van der Waals surface area contributed by atoms with Crippen molar-refractivity contribution in [3.05, 3.63) is 41.5 Å². The summed E-state index contributed by atoms with van der Waals surface area (Å²) < 4.78 is 15.6. The van der Waals surface area contributed by atoms with Crippen LogP contribution in [-0.4, -0.2) is 38.2 Å². The monoisotopic (exact) mass is 371 g/mol. The Morgan fingerprint density at radius 2 is 1.59 bits per heavy atom. The Hall–Kier alpha value is -1.82. The lowest BCUT2D eigenvalue weighted by molar-refractivity contribution is 0.146. The summed E-state index contributed by atoms with van der Waals surface area (Å²) in [4.78, 5) is 2.43. The minimum atomic E-state index is -0.204. The molecule has 1 aromatic carbocycles. The average Bonchev–Trinajstić information content (AvgIpc) is 3.20. The number of rotatable bonds is 5. The van der Waals surface area contributed by atoms with Gasteiger partial charge in [0.05, 0.1) is 12.1 Å². The Morgan fingerprint density at radius 1 is 0.963 bits per heavy atom. The van der Waals surface area contributed by atoms with Crippen LogP contribution in [0.15, 0.2) is 24.3 Å². The summed E-state index contributed by atoms with van der Waals surface area (Å²) in [6.07, 6.45) is 12.4. The number of aromatic nitrogens is 4. The molecule has 2 aliphatic carbocycles. The van der Waals surface area contributed by atoms with Gasteiger partial charge in [0, 0.05) is 6.04 Å². The molecule has 5 nitrogen and oxygen atoms in total. The second-order valence-electron chi connectivity index (χ2n) is 8.18. The molecule has 27 heavy (non-hydrogen) atoms. The minimum Gasteiger partial charge on any atom is -0.290 e. The van der Waals surface area contributed by atoms with E-state index < -0.39 is 0 Å². The van der Waals surface area contributed by atoms with E-state index in [1.807, 2.05) is 12.1 Å². The van der Waals surface area contributed by atoms with E-state index in [0.717, 1.165) is 24.2 Å². The van der Waals surface area contributed by atoms with Crippen molar-refractivity contribution >= 4 is 0 Å². The molecule has 4 rings (SSSR count). The first-order valence-electron chi connectivity index (χ1n) is 10.5. The van der Waals surface area contributed by atoms with Gasteiger partial charge in [0.2, 0.25) is 0 Å². The summed E-state index contributed by atoms with van der Waals surface area (Å²) in [5.74, 6) is 0.700. The van der Waals surface area contributed by atoms with Gasteiger partial charge in [0.1, 0.15) is 5.82 Å². The van der Waals surface area contributed by atoms with Crippen molar-refractivity contribution < 1.29 is 4.39 Å². The summed E-state index contributed by atoms with van der Waals surface area (Å²) in [6, 6.07) is 7.73. The van der Waals surface area contributed by atoms with Gasteiger partial charge in [-0.2, -0.15) is 0 Å². The van der Waals surface area contributed by atoms with E-state index in [1.54, 1.807) is 12.1 Å². The summed E-state index contributed by atoms with van der Waals surface area (Å²) in [6.45, 7) is 0. The van der Waals surface area contributed by atoms with Gasteiger partial charge in [-0.3, -0.25) is 4.90 Å². The van der Waals surface area contributed by atoms with Crippen LogP contribution in [-0.2, 0) is 0 Å². The zero-order valence-electron chi connectivity index (χ0n) is 16.2. The molecule has 0 spiro atoms. The highest BCUT2D eigenvalue weighted by molar-refractivity contribution is 5.25. The molecule has 146 valence electrons. The van der Waals surface area contributed by atoms with Gasteiger partial charge in [-0.1, -0.05) is 50.7 Å². The first kappa shape index (κ1) is 18.5. The Kier molecular flexibility index (Phi) is 5.81. The fourth-order valence-electron chi connectivity index (χ4n) is 4.88. The first-order chi connectivity index (χ1) is 13.2. The van der Waals surface area contributed by atoms with E-state index in [2.05, 4.69) is 32.2 Å². The van der Waals surface area contributed by atoms with Crippen molar-refractivity contribution in [1.82, 2.24) is 25.1 Å². The molecular formula is C21H30FN5. The molecule has 2 fully saturated rings.